The predicted octanol–water partition coefficient (Wildman–Crippen LogP) is 0.669. The summed E-state index contributed by atoms with van der Waals surface area (Å²) in [5.74, 6) is -0.136. The van der Waals surface area contributed by atoms with Crippen molar-refractivity contribution in [3.05, 3.63) is 54.1 Å². The molecule has 4 rings (SSSR count). The Hall–Kier alpha value is -3.14. The average Bonchev–Trinajstić information content (AvgIpc) is 3.38. The summed E-state index contributed by atoms with van der Waals surface area (Å²) in [4.78, 5) is 18.9. The molecule has 3 heterocycles. The van der Waals surface area contributed by atoms with E-state index in [1.165, 1.54) is 6.20 Å². The van der Waals surface area contributed by atoms with Crippen molar-refractivity contribution in [2.45, 2.75) is 18.9 Å². The first-order valence-corrected chi connectivity index (χ1v) is 7.81. The third-order valence-electron chi connectivity index (χ3n) is 4.22. The molecule has 0 radical (unpaired) electrons. The number of rotatable bonds is 3. The number of anilines is 1. The lowest BCUT2D eigenvalue weighted by molar-refractivity contribution is 0.0980. The molecular formula is C17H14BN5O. The van der Waals surface area contributed by atoms with Gasteiger partial charge >= 0.3 is 0 Å². The standard InChI is InChI=1S/C17H14BN5O/c18-14-10-21-22-6-5-13(7-16(14)22)23(12-2-3-12)17(24)15-4-1-11(8-19)9-20-15/h1,4-7,9-10,12H,2-3,18H2. The molecule has 0 atom stereocenters. The second kappa shape index (κ2) is 5.50. The first kappa shape index (κ1) is 14.5. The van der Waals surface area contributed by atoms with E-state index in [9.17, 15) is 4.79 Å². The second-order valence-electron chi connectivity index (χ2n) is 5.99. The van der Waals surface area contributed by atoms with Crippen molar-refractivity contribution in [2.75, 3.05) is 4.90 Å². The molecule has 0 aromatic carbocycles. The van der Waals surface area contributed by atoms with E-state index in [1.54, 1.807) is 21.5 Å². The Morgan fingerprint density at radius 3 is 2.83 bits per heavy atom. The Morgan fingerprint density at radius 1 is 1.33 bits per heavy atom. The molecule has 0 N–H and O–H groups in total. The lowest BCUT2D eigenvalue weighted by Crippen LogP contribution is -2.33. The molecule has 0 bridgehead atoms. The lowest BCUT2D eigenvalue weighted by atomic mass is 9.98. The van der Waals surface area contributed by atoms with Crippen LogP contribution < -0.4 is 10.4 Å². The number of carbonyl (C=O) groups is 1. The van der Waals surface area contributed by atoms with Crippen molar-refractivity contribution in [2.24, 2.45) is 0 Å². The molecule has 3 aromatic rings. The Labute approximate surface area is 139 Å². The fourth-order valence-corrected chi connectivity index (χ4v) is 2.78. The molecule has 1 amide bonds. The first-order chi connectivity index (χ1) is 11.7. The van der Waals surface area contributed by atoms with Crippen LogP contribution in [0.25, 0.3) is 5.52 Å². The molecule has 0 spiro atoms. The summed E-state index contributed by atoms with van der Waals surface area (Å²) in [5.41, 5.74) is 3.70. The fourth-order valence-electron chi connectivity index (χ4n) is 2.78. The third-order valence-corrected chi connectivity index (χ3v) is 4.22. The highest BCUT2D eigenvalue weighted by atomic mass is 16.2. The summed E-state index contributed by atoms with van der Waals surface area (Å²) in [5, 5.41) is 13.1. The number of hydrogen-bond donors (Lipinski definition) is 0. The van der Waals surface area contributed by atoms with E-state index in [2.05, 4.69) is 10.1 Å². The minimum atomic E-state index is -0.136. The maximum absolute atomic E-state index is 12.9. The number of nitrogens with zero attached hydrogens (tertiary/aromatic N) is 5. The maximum Gasteiger partial charge on any atom is 0.277 e. The summed E-state index contributed by atoms with van der Waals surface area (Å²) in [6, 6.07) is 9.35. The molecule has 0 unspecified atom stereocenters. The van der Waals surface area contributed by atoms with E-state index in [1.807, 2.05) is 38.4 Å². The molecule has 0 saturated heterocycles. The predicted molar refractivity (Wildman–Crippen MR) is 92.2 cm³/mol. The van der Waals surface area contributed by atoms with Gasteiger partial charge in [-0.3, -0.25) is 4.79 Å². The van der Waals surface area contributed by atoms with Crippen LogP contribution >= 0.6 is 0 Å². The van der Waals surface area contributed by atoms with Gasteiger partial charge in [0, 0.05) is 30.3 Å². The fraction of sp³-hybridized carbons (Fsp3) is 0.176. The van der Waals surface area contributed by atoms with Crippen molar-refractivity contribution in [1.82, 2.24) is 14.6 Å². The van der Waals surface area contributed by atoms with E-state index in [-0.39, 0.29) is 11.9 Å². The van der Waals surface area contributed by atoms with Gasteiger partial charge in [-0.1, -0.05) is 0 Å². The zero-order chi connectivity index (χ0) is 16.7. The maximum atomic E-state index is 12.9. The normalized spacial score (nSPS) is 13.6. The Bertz CT molecular complexity index is 969. The first-order valence-electron chi connectivity index (χ1n) is 7.81. The highest BCUT2D eigenvalue weighted by Crippen LogP contribution is 2.33. The van der Waals surface area contributed by atoms with Crippen molar-refractivity contribution in [3.8, 4) is 6.07 Å². The lowest BCUT2D eigenvalue weighted by Gasteiger charge is -2.22. The van der Waals surface area contributed by atoms with Gasteiger partial charge in [-0.2, -0.15) is 10.4 Å². The number of nitriles is 1. The molecule has 7 heteroatoms. The van der Waals surface area contributed by atoms with E-state index in [0.29, 0.717) is 11.3 Å². The van der Waals surface area contributed by atoms with Crippen LogP contribution in [0.3, 0.4) is 0 Å². The van der Waals surface area contributed by atoms with Crippen LogP contribution in [-0.4, -0.2) is 34.4 Å². The van der Waals surface area contributed by atoms with Gasteiger partial charge in [0.2, 0.25) is 0 Å². The number of amides is 1. The topological polar surface area (TPSA) is 74.3 Å². The summed E-state index contributed by atoms with van der Waals surface area (Å²) in [6.07, 6.45) is 7.09. The molecule has 1 fully saturated rings. The van der Waals surface area contributed by atoms with Gasteiger partial charge in [-0.15, -0.1) is 0 Å². The summed E-state index contributed by atoms with van der Waals surface area (Å²) >= 11 is 0. The SMILES string of the molecule is Bc1cnn2ccc(N(C(=O)c3ccc(C#N)cn3)C3CC3)cc12. The van der Waals surface area contributed by atoms with Gasteiger partial charge < -0.3 is 4.90 Å². The van der Waals surface area contributed by atoms with Crippen LogP contribution in [0, 0.1) is 11.3 Å². The van der Waals surface area contributed by atoms with Crippen LogP contribution in [0.2, 0.25) is 0 Å². The second-order valence-corrected chi connectivity index (χ2v) is 5.99. The highest BCUT2D eigenvalue weighted by molar-refractivity contribution is 6.36. The number of carbonyl (C=O) groups excluding carboxylic acids is 1. The minimum absolute atomic E-state index is 0.136. The van der Waals surface area contributed by atoms with E-state index >= 15 is 0 Å². The highest BCUT2D eigenvalue weighted by Gasteiger charge is 2.35. The molecule has 6 nitrogen and oxygen atoms in total. The third kappa shape index (κ3) is 2.42. The number of fused-ring (bicyclic) bond motifs is 1. The monoisotopic (exact) mass is 315 g/mol. The van der Waals surface area contributed by atoms with Crippen molar-refractivity contribution in [3.63, 3.8) is 0 Å². The molecular weight excluding hydrogens is 301 g/mol. The van der Waals surface area contributed by atoms with Crippen LogP contribution in [0.15, 0.2) is 42.9 Å². The van der Waals surface area contributed by atoms with E-state index in [4.69, 9.17) is 5.26 Å². The number of aromatic nitrogens is 3. The molecule has 24 heavy (non-hydrogen) atoms. The Balaban J connectivity index is 1.74. The van der Waals surface area contributed by atoms with E-state index < -0.39 is 0 Å². The number of hydrogen-bond acceptors (Lipinski definition) is 4. The zero-order valence-electron chi connectivity index (χ0n) is 13.2. The summed E-state index contributed by atoms with van der Waals surface area (Å²) in [6.45, 7) is 0. The molecule has 1 aliphatic carbocycles. The molecule has 0 aliphatic heterocycles. The Morgan fingerprint density at radius 2 is 2.17 bits per heavy atom. The largest absolute Gasteiger partial charge is 0.304 e. The van der Waals surface area contributed by atoms with Crippen molar-refractivity contribution < 1.29 is 4.79 Å². The van der Waals surface area contributed by atoms with Gasteiger partial charge in [-0.05, 0) is 42.6 Å². The van der Waals surface area contributed by atoms with Crippen LogP contribution in [0.4, 0.5) is 5.69 Å². The zero-order valence-corrected chi connectivity index (χ0v) is 13.2. The van der Waals surface area contributed by atoms with Crippen LogP contribution in [0.1, 0.15) is 28.9 Å². The van der Waals surface area contributed by atoms with Gasteiger partial charge in [0.1, 0.15) is 19.6 Å². The van der Waals surface area contributed by atoms with Gasteiger partial charge in [0.05, 0.1) is 11.1 Å². The molecule has 1 aliphatic rings. The van der Waals surface area contributed by atoms with Gasteiger partial charge in [-0.25, -0.2) is 9.50 Å². The molecule has 1 saturated carbocycles. The van der Waals surface area contributed by atoms with Gasteiger partial charge in [0.25, 0.3) is 5.91 Å². The molecule has 3 aromatic heterocycles. The average molecular weight is 315 g/mol. The van der Waals surface area contributed by atoms with Crippen molar-refractivity contribution in [1.29, 1.82) is 5.26 Å². The summed E-state index contributed by atoms with van der Waals surface area (Å²) in [7, 11) is 2.00. The quantitative estimate of drug-likeness (QED) is 0.666. The van der Waals surface area contributed by atoms with E-state index in [0.717, 1.165) is 29.5 Å². The van der Waals surface area contributed by atoms with Crippen LogP contribution in [-0.2, 0) is 0 Å². The molecule has 116 valence electrons. The number of pyridine rings is 2. The van der Waals surface area contributed by atoms with Crippen LogP contribution in [0.5, 0.6) is 0 Å². The smallest absolute Gasteiger partial charge is 0.277 e. The van der Waals surface area contributed by atoms with Gasteiger partial charge in [0.15, 0.2) is 0 Å². The Kier molecular flexibility index (Phi) is 3.31. The van der Waals surface area contributed by atoms with Crippen molar-refractivity contribution >= 4 is 30.4 Å². The summed E-state index contributed by atoms with van der Waals surface area (Å²) < 4.78 is 1.80. The minimum Gasteiger partial charge on any atom is -0.304 e.